The molecule has 0 bridgehead atoms. The van der Waals surface area contributed by atoms with Gasteiger partial charge >= 0.3 is 0 Å². The van der Waals surface area contributed by atoms with E-state index in [1.165, 1.54) is 16.4 Å². The molecule has 0 aliphatic rings. The summed E-state index contributed by atoms with van der Waals surface area (Å²) in [6.07, 6.45) is 4.96. The molecular formula is C13H21N5S. The molecule has 1 unspecified atom stereocenters. The van der Waals surface area contributed by atoms with E-state index in [4.69, 9.17) is 0 Å². The minimum atomic E-state index is 0.265. The highest BCUT2D eigenvalue weighted by molar-refractivity contribution is 7.05. The molecule has 2 aromatic heterocycles. The third-order valence-corrected chi connectivity index (χ3v) is 3.90. The monoisotopic (exact) mass is 279 g/mol. The number of hydrogen-bond donors (Lipinski definition) is 1. The summed E-state index contributed by atoms with van der Waals surface area (Å²) in [5, 5.41) is 12.2. The van der Waals surface area contributed by atoms with Gasteiger partial charge in [0, 0.05) is 19.7 Å². The molecule has 6 heteroatoms. The Kier molecular flexibility index (Phi) is 5.04. The second-order valence-corrected chi connectivity index (χ2v) is 5.41. The van der Waals surface area contributed by atoms with E-state index < -0.39 is 0 Å². The molecular weight excluding hydrogens is 258 g/mol. The molecule has 0 spiro atoms. The average molecular weight is 279 g/mol. The van der Waals surface area contributed by atoms with Crippen molar-refractivity contribution in [2.75, 3.05) is 6.54 Å². The summed E-state index contributed by atoms with van der Waals surface area (Å²) in [7, 11) is 1.95. The van der Waals surface area contributed by atoms with E-state index in [1.54, 1.807) is 0 Å². The fourth-order valence-corrected chi connectivity index (χ4v) is 2.95. The number of hydrogen-bond acceptors (Lipinski definition) is 5. The zero-order valence-corrected chi connectivity index (χ0v) is 12.6. The first kappa shape index (κ1) is 14.1. The van der Waals surface area contributed by atoms with Crippen molar-refractivity contribution in [3.63, 3.8) is 0 Å². The Morgan fingerprint density at radius 3 is 2.89 bits per heavy atom. The van der Waals surface area contributed by atoms with E-state index in [0.717, 1.165) is 37.2 Å². The smallest absolute Gasteiger partial charge is 0.0803 e. The second-order valence-electron chi connectivity index (χ2n) is 4.63. The first-order chi connectivity index (χ1) is 9.24. The average Bonchev–Trinajstić information content (AvgIpc) is 2.99. The van der Waals surface area contributed by atoms with Crippen molar-refractivity contribution >= 4 is 11.5 Å². The third-order valence-electron chi connectivity index (χ3n) is 3.02. The van der Waals surface area contributed by atoms with Crippen LogP contribution in [0.4, 0.5) is 0 Å². The molecule has 1 atom stereocenters. The van der Waals surface area contributed by atoms with Crippen LogP contribution in [0.15, 0.2) is 12.3 Å². The molecule has 0 aliphatic heterocycles. The Morgan fingerprint density at radius 1 is 1.42 bits per heavy atom. The van der Waals surface area contributed by atoms with Crippen molar-refractivity contribution in [3.05, 3.63) is 28.5 Å². The van der Waals surface area contributed by atoms with Crippen molar-refractivity contribution in [1.82, 2.24) is 24.7 Å². The molecule has 2 rings (SSSR count). The molecule has 0 amide bonds. The van der Waals surface area contributed by atoms with Gasteiger partial charge in [0.1, 0.15) is 0 Å². The minimum Gasteiger partial charge on any atom is -0.309 e. The second kappa shape index (κ2) is 6.77. The van der Waals surface area contributed by atoms with Gasteiger partial charge in [-0.25, -0.2) is 0 Å². The Hall–Kier alpha value is -1.27. The fraction of sp³-hybridized carbons (Fsp3) is 0.615. The number of rotatable bonds is 7. The lowest BCUT2D eigenvalue weighted by molar-refractivity contribution is 0.542. The highest BCUT2D eigenvalue weighted by atomic mass is 32.1. The van der Waals surface area contributed by atoms with Crippen LogP contribution >= 0.6 is 11.5 Å². The summed E-state index contributed by atoms with van der Waals surface area (Å²) in [5.74, 6) is 0. The van der Waals surface area contributed by atoms with Gasteiger partial charge in [-0.3, -0.25) is 4.68 Å². The van der Waals surface area contributed by atoms with Gasteiger partial charge in [0.15, 0.2) is 0 Å². The van der Waals surface area contributed by atoms with Crippen molar-refractivity contribution < 1.29 is 0 Å². The van der Waals surface area contributed by atoms with E-state index in [2.05, 4.69) is 39.9 Å². The minimum absolute atomic E-state index is 0.265. The van der Waals surface area contributed by atoms with E-state index in [0.29, 0.717) is 0 Å². The highest BCUT2D eigenvalue weighted by Crippen LogP contribution is 2.24. The maximum Gasteiger partial charge on any atom is 0.0803 e. The molecule has 1 N–H and O–H groups in total. The molecule has 19 heavy (non-hydrogen) atoms. The van der Waals surface area contributed by atoms with Crippen molar-refractivity contribution in [2.24, 2.45) is 7.05 Å². The van der Waals surface area contributed by atoms with E-state index >= 15 is 0 Å². The third kappa shape index (κ3) is 3.61. The van der Waals surface area contributed by atoms with Gasteiger partial charge in [-0.05, 0) is 30.6 Å². The first-order valence-corrected chi connectivity index (χ1v) is 7.55. The number of nitrogens with one attached hydrogen (secondary N) is 1. The molecule has 0 fully saturated rings. The van der Waals surface area contributed by atoms with Crippen LogP contribution in [0.3, 0.4) is 0 Å². The summed E-state index contributed by atoms with van der Waals surface area (Å²) in [6.45, 7) is 5.23. The molecule has 2 aromatic rings. The summed E-state index contributed by atoms with van der Waals surface area (Å²) < 4.78 is 5.96. The van der Waals surface area contributed by atoms with Gasteiger partial charge in [-0.15, -0.1) is 5.10 Å². The van der Waals surface area contributed by atoms with E-state index in [1.807, 2.05) is 17.9 Å². The van der Waals surface area contributed by atoms with Crippen molar-refractivity contribution in [3.8, 4) is 0 Å². The topological polar surface area (TPSA) is 55.6 Å². The molecule has 0 radical (unpaired) electrons. The lowest BCUT2D eigenvalue weighted by Gasteiger charge is -2.15. The van der Waals surface area contributed by atoms with Crippen LogP contribution in [0.1, 0.15) is 42.6 Å². The number of aryl methyl sites for hydroxylation is 2. The molecule has 0 saturated carbocycles. The molecule has 0 aromatic carbocycles. The predicted molar refractivity (Wildman–Crippen MR) is 77.2 cm³/mol. The molecule has 0 aliphatic carbocycles. The maximum atomic E-state index is 4.46. The van der Waals surface area contributed by atoms with Crippen LogP contribution in [0.5, 0.6) is 0 Å². The van der Waals surface area contributed by atoms with Gasteiger partial charge in [0.25, 0.3) is 0 Å². The Balaban J connectivity index is 2.16. The molecule has 104 valence electrons. The zero-order valence-electron chi connectivity index (χ0n) is 11.8. The van der Waals surface area contributed by atoms with Gasteiger partial charge in [0.05, 0.1) is 22.3 Å². The van der Waals surface area contributed by atoms with Crippen molar-refractivity contribution in [2.45, 2.75) is 39.2 Å². The first-order valence-electron chi connectivity index (χ1n) is 6.77. The quantitative estimate of drug-likeness (QED) is 0.843. The summed E-state index contributed by atoms with van der Waals surface area (Å²) in [5.41, 5.74) is 2.23. The Morgan fingerprint density at radius 2 is 2.26 bits per heavy atom. The standard InChI is InChI=1S/C13H21N5S/c1-4-6-11-13(19-17-15-11)12(14-5-2)9-10-7-8-18(3)16-10/h7-8,12,14H,4-6,9H2,1-3H3. The lowest BCUT2D eigenvalue weighted by atomic mass is 10.1. The highest BCUT2D eigenvalue weighted by Gasteiger charge is 2.19. The lowest BCUT2D eigenvalue weighted by Crippen LogP contribution is -2.23. The predicted octanol–water partition coefficient (Wildman–Crippen LogP) is 2.12. The fourth-order valence-electron chi connectivity index (χ4n) is 2.18. The largest absolute Gasteiger partial charge is 0.309 e. The summed E-state index contributed by atoms with van der Waals surface area (Å²) in [6, 6.07) is 2.33. The SMILES string of the molecule is CCCc1nnsc1C(Cc1ccn(C)n1)NCC. The van der Waals surface area contributed by atoms with Crippen LogP contribution in [-0.4, -0.2) is 25.9 Å². The Labute approximate surface area is 118 Å². The van der Waals surface area contributed by atoms with Crippen LogP contribution in [0, 0.1) is 0 Å². The van der Waals surface area contributed by atoms with Gasteiger partial charge in [-0.2, -0.15) is 5.10 Å². The zero-order chi connectivity index (χ0) is 13.7. The van der Waals surface area contributed by atoms with Crippen LogP contribution in [-0.2, 0) is 19.9 Å². The van der Waals surface area contributed by atoms with Crippen LogP contribution in [0.2, 0.25) is 0 Å². The molecule has 5 nitrogen and oxygen atoms in total. The molecule has 2 heterocycles. The Bertz CT molecular complexity index is 505. The van der Waals surface area contributed by atoms with Crippen molar-refractivity contribution in [1.29, 1.82) is 0 Å². The maximum absolute atomic E-state index is 4.46. The number of likely N-dealkylation sites (N-methyl/N-ethyl adjacent to an activating group) is 1. The van der Waals surface area contributed by atoms with E-state index in [-0.39, 0.29) is 6.04 Å². The summed E-state index contributed by atoms with van der Waals surface area (Å²) >= 11 is 1.51. The summed E-state index contributed by atoms with van der Waals surface area (Å²) in [4.78, 5) is 1.26. The van der Waals surface area contributed by atoms with Crippen LogP contribution in [0.25, 0.3) is 0 Å². The number of nitrogens with zero attached hydrogens (tertiary/aromatic N) is 4. The normalized spacial score (nSPS) is 12.8. The van der Waals surface area contributed by atoms with Gasteiger partial charge < -0.3 is 5.32 Å². The number of aromatic nitrogens is 4. The van der Waals surface area contributed by atoms with Crippen LogP contribution < -0.4 is 5.32 Å². The molecule has 0 saturated heterocycles. The van der Waals surface area contributed by atoms with Gasteiger partial charge in [-0.1, -0.05) is 24.8 Å². The van der Waals surface area contributed by atoms with E-state index in [9.17, 15) is 0 Å². The van der Waals surface area contributed by atoms with Gasteiger partial charge in [0.2, 0.25) is 0 Å².